The number of nitrogens with two attached hydrogens (primary N) is 1. The average molecular weight is 782 g/mol. The fraction of sp³-hybridized carbons (Fsp3) is 0.744. The van der Waals surface area contributed by atoms with Crippen LogP contribution < -0.4 is 5.73 Å². The lowest BCUT2D eigenvalue weighted by Gasteiger charge is -2.20. The highest BCUT2D eigenvalue weighted by molar-refractivity contribution is 7.47. The van der Waals surface area contributed by atoms with Crippen LogP contribution in [0.15, 0.2) is 48.6 Å². The van der Waals surface area contributed by atoms with Crippen LogP contribution in [0.3, 0.4) is 0 Å². The second-order valence-electron chi connectivity index (χ2n) is 14.0. The molecule has 0 fully saturated rings. The quantitative estimate of drug-likeness (QED) is 0.0268. The van der Waals surface area contributed by atoms with E-state index < -0.39 is 50.9 Å². The predicted molar refractivity (Wildman–Crippen MR) is 220 cm³/mol. The van der Waals surface area contributed by atoms with Crippen LogP contribution in [0.1, 0.15) is 175 Å². The van der Waals surface area contributed by atoms with Crippen molar-refractivity contribution < 1.29 is 42.4 Å². The molecule has 0 heterocycles. The molecule has 3 unspecified atom stereocenters. The van der Waals surface area contributed by atoms with Crippen LogP contribution in [0, 0.1) is 0 Å². The van der Waals surface area contributed by atoms with E-state index in [1.807, 2.05) is 12.2 Å². The van der Waals surface area contributed by atoms with E-state index in [2.05, 4.69) is 50.3 Å². The lowest BCUT2D eigenvalue weighted by atomic mass is 10.0. The molecule has 312 valence electrons. The highest BCUT2D eigenvalue weighted by Crippen LogP contribution is 2.43. The van der Waals surface area contributed by atoms with Crippen molar-refractivity contribution in [1.29, 1.82) is 0 Å². The third kappa shape index (κ3) is 36.6. The molecule has 0 aromatic carbocycles. The van der Waals surface area contributed by atoms with Crippen molar-refractivity contribution in [2.24, 2.45) is 5.73 Å². The summed E-state index contributed by atoms with van der Waals surface area (Å²) in [7, 11) is -4.62. The Morgan fingerprint density at radius 2 is 1.02 bits per heavy atom. The van der Waals surface area contributed by atoms with Crippen molar-refractivity contribution in [1.82, 2.24) is 0 Å². The van der Waals surface area contributed by atoms with Gasteiger partial charge in [-0.15, -0.1) is 0 Å². The molecule has 0 saturated carbocycles. The number of allylic oxidation sites excluding steroid dienone is 8. The van der Waals surface area contributed by atoms with Crippen molar-refractivity contribution in [3.05, 3.63) is 48.6 Å². The van der Waals surface area contributed by atoms with Gasteiger partial charge in [-0.1, -0.05) is 159 Å². The Kier molecular flexibility index (Phi) is 35.9. The Balaban J connectivity index is 4.52. The maximum atomic E-state index is 12.6. The van der Waals surface area contributed by atoms with Gasteiger partial charge in [-0.25, -0.2) is 4.57 Å². The molecular formula is C43H76NO9P. The first-order valence-electron chi connectivity index (χ1n) is 20.9. The van der Waals surface area contributed by atoms with Gasteiger partial charge in [-0.05, 0) is 51.9 Å². The van der Waals surface area contributed by atoms with E-state index in [4.69, 9.17) is 24.3 Å². The maximum absolute atomic E-state index is 12.6. The minimum Gasteiger partial charge on any atom is -0.462 e. The number of phosphoric ester groups is 1. The van der Waals surface area contributed by atoms with E-state index >= 15 is 0 Å². The number of carbonyl (C=O) groups is 3. The minimum atomic E-state index is -4.62. The number of ketones is 1. The molecule has 0 aromatic heterocycles. The maximum Gasteiger partial charge on any atom is 0.472 e. The molecule has 54 heavy (non-hydrogen) atoms. The van der Waals surface area contributed by atoms with Crippen LogP contribution in [-0.2, 0) is 37.5 Å². The summed E-state index contributed by atoms with van der Waals surface area (Å²) in [6.45, 7) is 4.30. The topological polar surface area (TPSA) is 151 Å². The molecule has 0 bridgehead atoms. The van der Waals surface area contributed by atoms with Crippen LogP contribution in [0.5, 0.6) is 0 Å². The first-order valence-corrected chi connectivity index (χ1v) is 22.4. The van der Waals surface area contributed by atoms with Crippen molar-refractivity contribution in [2.75, 3.05) is 19.8 Å². The van der Waals surface area contributed by atoms with E-state index in [1.54, 1.807) is 0 Å². The van der Waals surface area contributed by atoms with E-state index in [-0.39, 0.29) is 19.4 Å². The SMILES string of the molecule is CCCCCCC=CCC=CCC=CCC=CCCC(=O)OC(COC(=O)CCCCCCCCCCCCCCC)COP(=O)(O)OCC(N)C(C)=O. The molecule has 0 aliphatic rings. The number of phosphoric acid groups is 1. The fourth-order valence-corrected chi connectivity index (χ4v) is 6.13. The Bertz CT molecular complexity index is 1100. The molecule has 10 nitrogen and oxygen atoms in total. The zero-order chi connectivity index (χ0) is 40.0. The number of ether oxygens (including phenoxy) is 2. The number of rotatable bonds is 38. The molecule has 0 aliphatic carbocycles. The number of hydrogen-bond donors (Lipinski definition) is 2. The van der Waals surface area contributed by atoms with Gasteiger partial charge in [0, 0.05) is 12.8 Å². The summed E-state index contributed by atoms with van der Waals surface area (Å²) in [6.07, 6.45) is 40.9. The van der Waals surface area contributed by atoms with Gasteiger partial charge < -0.3 is 20.1 Å². The zero-order valence-electron chi connectivity index (χ0n) is 34.1. The third-order valence-corrected chi connectivity index (χ3v) is 9.75. The summed E-state index contributed by atoms with van der Waals surface area (Å²) in [5.41, 5.74) is 5.57. The molecule has 3 atom stereocenters. The molecule has 0 aliphatic heterocycles. The van der Waals surface area contributed by atoms with Crippen LogP contribution in [0.25, 0.3) is 0 Å². The highest BCUT2D eigenvalue weighted by atomic mass is 31.2. The largest absolute Gasteiger partial charge is 0.472 e. The molecular weight excluding hydrogens is 705 g/mol. The van der Waals surface area contributed by atoms with Gasteiger partial charge in [0.2, 0.25) is 0 Å². The van der Waals surface area contributed by atoms with Gasteiger partial charge in [-0.2, -0.15) is 0 Å². The number of unbranched alkanes of at least 4 members (excludes halogenated alkanes) is 16. The third-order valence-electron chi connectivity index (χ3n) is 8.80. The van der Waals surface area contributed by atoms with Crippen molar-refractivity contribution in [3.63, 3.8) is 0 Å². The van der Waals surface area contributed by atoms with Gasteiger partial charge in [0.05, 0.1) is 19.3 Å². The molecule has 0 amide bonds. The normalized spacial score (nSPS) is 14.3. The lowest BCUT2D eigenvalue weighted by Crippen LogP contribution is -2.33. The molecule has 0 spiro atoms. The molecule has 0 rings (SSSR count). The van der Waals surface area contributed by atoms with Gasteiger partial charge in [0.25, 0.3) is 0 Å². The standard InChI is InChI=1S/C43H76NO9P/c1-4-6-8-10-12-14-16-18-19-20-21-23-25-27-29-31-33-35-43(47)53-40(37-51-54(48,49)52-38-41(44)39(3)45)36-50-42(46)34-32-30-28-26-24-22-17-15-13-11-9-7-5-2/h14,16,19-20,23,25,29,31,40-41H,4-13,15,17-18,21-22,24,26-28,30,32-38,44H2,1-3H3,(H,48,49). The lowest BCUT2D eigenvalue weighted by molar-refractivity contribution is -0.161. The predicted octanol–water partition coefficient (Wildman–Crippen LogP) is 11.1. The molecule has 11 heteroatoms. The molecule has 0 radical (unpaired) electrons. The van der Waals surface area contributed by atoms with E-state index in [1.165, 1.54) is 90.4 Å². The van der Waals surface area contributed by atoms with E-state index in [0.29, 0.717) is 12.8 Å². The summed E-state index contributed by atoms with van der Waals surface area (Å²) in [5.74, 6) is -1.42. The molecule has 0 saturated heterocycles. The van der Waals surface area contributed by atoms with Crippen LogP contribution >= 0.6 is 7.82 Å². The Labute approximate surface area is 328 Å². The van der Waals surface area contributed by atoms with Gasteiger partial charge in [0.15, 0.2) is 6.10 Å². The Hall–Kier alpha value is -2.36. The van der Waals surface area contributed by atoms with Crippen molar-refractivity contribution in [2.45, 2.75) is 187 Å². The van der Waals surface area contributed by atoms with Gasteiger partial charge >= 0.3 is 19.8 Å². The Morgan fingerprint density at radius 3 is 1.54 bits per heavy atom. The second-order valence-corrected chi connectivity index (χ2v) is 15.5. The monoisotopic (exact) mass is 782 g/mol. The summed E-state index contributed by atoms with van der Waals surface area (Å²) in [5, 5.41) is 0. The second kappa shape index (κ2) is 37.6. The number of esters is 2. The molecule has 0 aromatic rings. The van der Waals surface area contributed by atoms with Gasteiger partial charge in [0.1, 0.15) is 12.4 Å². The first kappa shape index (κ1) is 51.6. The number of Topliss-reactive ketones (excluding diaryl/α,β-unsaturated/α-hetero) is 1. The van der Waals surface area contributed by atoms with E-state index in [0.717, 1.165) is 44.9 Å². The fourth-order valence-electron chi connectivity index (χ4n) is 5.35. The van der Waals surface area contributed by atoms with Gasteiger partial charge in [-0.3, -0.25) is 23.4 Å². The zero-order valence-corrected chi connectivity index (χ0v) is 35.0. The Morgan fingerprint density at radius 1 is 0.574 bits per heavy atom. The first-order chi connectivity index (χ1) is 26.1. The highest BCUT2D eigenvalue weighted by Gasteiger charge is 2.27. The summed E-state index contributed by atoms with van der Waals surface area (Å²) in [4.78, 5) is 46.4. The van der Waals surface area contributed by atoms with Crippen molar-refractivity contribution >= 4 is 25.5 Å². The van der Waals surface area contributed by atoms with Crippen LogP contribution in [0.4, 0.5) is 0 Å². The molecule has 3 N–H and O–H groups in total. The van der Waals surface area contributed by atoms with Crippen LogP contribution in [0.2, 0.25) is 0 Å². The number of hydrogen-bond acceptors (Lipinski definition) is 9. The van der Waals surface area contributed by atoms with Crippen LogP contribution in [-0.4, -0.2) is 54.6 Å². The average Bonchev–Trinajstić information content (AvgIpc) is 3.14. The summed E-state index contributed by atoms with van der Waals surface area (Å²) < 4.78 is 32.9. The van der Waals surface area contributed by atoms with Crippen molar-refractivity contribution in [3.8, 4) is 0 Å². The minimum absolute atomic E-state index is 0.0687. The smallest absolute Gasteiger partial charge is 0.462 e. The summed E-state index contributed by atoms with van der Waals surface area (Å²) in [6, 6.07) is -1.09. The number of carbonyl (C=O) groups excluding carboxylic acids is 3. The summed E-state index contributed by atoms with van der Waals surface area (Å²) >= 11 is 0. The van der Waals surface area contributed by atoms with E-state index in [9.17, 15) is 23.8 Å².